The van der Waals surface area contributed by atoms with E-state index in [0.29, 0.717) is 22.6 Å². The van der Waals surface area contributed by atoms with Crippen molar-refractivity contribution >= 4 is 10.8 Å². The highest BCUT2D eigenvalue weighted by Crippen LogP contribution is 2.49. The van der Waals surface area contributed by atoms with Crippen LogP contribution in [0, 0.1) is 29.4 Å². The molecule has 4 unspecified atom stereocenters. The minimum absolute atomic E-state index is 0.115. The lowest BCUT2D eigenvalue weighted by Crippen LogP contribution is -2.30. The first-order valence-electron chi connectivity index (χ1n) is 11.1. The molecule has 4 rings (SSSR count). The number of fused-ring (bicyclic) bond motifs is 2. The van der Waals surface area contributed by atoms with Crippen molar-refractivity contribution < 1.29 is 13.5 Å². The fourth-order valence-electron chi connectivity index (χ4n) is 5.82. The molecule has 0 saturated heterocycles. The lowest BCUT2D eigenvalue weighted by Gasteiger charge is -2.42. The third-order valence-electron chi connectivity index (χ3n) is 7.37. The predicted octanol–water partition coefficient (Wildman–Crippen LogP) is 7.62. The molecule has 0 bridgehead atoms. The van der Waals surface area contributed by atoms with Crippen molar-refractivity contribution in [3.63, 3.8) is 0 Å². The maximum atomic E-state index is 15.3. The molecule has 152 valence electrons. The Bertz CT molecular complexity index is 831. The molecule has 1 nitrogen and oxygen atoms in total. The lowest BCUT2D eigenvalue weighted by molar-refractivity contribution is 0.113. The minimum Gasteiger partial charge on any atom is -0.497 e. The Morgan fingerprint density at radius 3 is 2.57 bits per heavy atom. The molecule has 0 aromatic heterocycles. The van der Waals surface area contributed by atoms with Gasteiger partial charge in [0.05, 0.1) is 12.5 Å². The van der Waals surface area contributed by atoms with Crippen LogP contribution in [0.5, 0.6) is 5.75 Å². The summed E-state index contributed by atoms with van der Waals surface area (Å²) in [6, 6.07) is 6.73. The van der Waals surface area contributed by atoms with Crippen molar-refractivity contribution in [2.24, 2.45) is 17.8 Å². The molecule has 2 aromatic rings. The van der Waals surface area contributed by atoms with Crippen LogP contribution in [0.1, 0.15) is 76.2 Å². The van der Waals surface area contributed by atoms with Crippen LogP contribution in [0.2, 0.25) is 0 Å². The molecule has 2 aromatic carbocycles. The van der Waals surface area contributed by atoms with Gasteiger partial charge in [-0.25, -0.2) is 8.78 Å². The van der Waals surface area contributed by atoms with Gasteiger partial charge in [0.2, 0.25) is 0 Å². The molecule has 0 spiro atoms. The Morgan fingerprint density at radius 2 is 1.79 bits per heavy atom. The topological polar surface area (TPSA) is 9.23 Å². The average Bonchev–Trinajstić information content (AvgIpc) is 2.71. The van der Waals surface area contributed by atoms with Crippen molar-refractivity contribution in [2.75, 3.05) is 7.11 Å². The van der Waals surface area contributed by atoms with Crippen molar-refractivity contribution in [1.82, 2.24) is 0 Å². The first-order chi connectivity index (χ1) is 13.6. The van der Waals surface area contributed by atoms with Crippen LogP contribution in [0.4, 0.5) is 8.78 Å². The first-order valence-corrected chi connectivity index (χ1v) is 11.1. The third kappa shape index (κ3) is 3.77. The number of rotatable bonds is 5. The van der Waals surface area contributed by atoms with E-state index in [1.54, 1.807) is 6.07 Å². The van der Waals surface area contributed by atoms with E-state index in [-0.39, 0.29) is 17.1 Å². The van der Waals surface area contributed by atoms with Crippen molar-refractivity contribution in [2.45, 2.75) is 70.6 Å². The summed E-state index contributed by atoms with van der Waals surface area (Å²) in [6.45, 7) is 2.27. The van der Waals surface area contributed by atoms with Gasteiger partial charge in [-0.05, 0) is 72.8 Å². The van der Waals surface area contributed by atoms with Gasteiger partial charge < -0.3 is 4.74 Å². The van der Waals surface area contributed by atoms with Crippen LogP contribution in [-0.2, 0) is 0 Å². The Balaban J connectivity index is 1.52. The summed E-state index contributed by atoms with van der Waals surface area (Å²) in [4.78, 5) is 0. The molecule has 3 heteroatoms. The molecule has 0 amide bonds. The number of hydrogen-bond donors (Lipinski definition) is 0. The fraction of sp³-hybridized carbons (Fsp3) is 0.600. The van der Waals surface area contributed by atoms with E-state index < -0.39 is 5.82 Å². The number of methoxy groups -OCH3 is 1. The highest BCUT2D eigenvalue weighted by atomic mass is 19.1. The average molecular weight is 387 g/mol. The number of benzene rings is 2. The summed E-state index contributed by atoms with van der Waals surface area (Å²) in [5, 5.41) is 0.687. The number of halogens is 2. The largest absolute Gasteiger partial charge is 0.497 e. The standard InChI is InChI=1S/C25H32F2O/c1-3-4-5-16-6-7-18-13-19(9-8-17(18)12-16)22-11-10-20-14-21(28-2)15-23(26)24(20)25(22)27/h10-11,14-19H,3-9,12-13H2,1-2H3. The van der Waals surface area contributed by atoms with Gasteiger partial charge in [-0.15, -0.1) is 0 Å². The van der Waals surface area contributed by atoms with Crippen molar-refractivity contribution in [3.8, 4) is 5.75 Å². The van der Waals surface area contributed by atoms with Crippen LogP contribution in [0.3, 0.4) is 0 Å². The van der Waals surface area contributed by atoms with E-state index in [2.05, 4.69) is 6.92 Å². The van der Waals surface area contributed by atoms with Gasteiger partial charge >= 0.3 is 0 Å². The van der Waals surface area contributed by atoms with E-state index >= 15 is 4.39 Å². The highest BCUT2D eigenvalue weighted by Gasteiger charge is 2.36. The van der Waals surface area contributed by atoms with Crippen LogP contribution in [-0.4, -0.2) is 7.11 Å². The quantitative estimate of drug-likeness (QED) is 0.513. The van der Waals surface area contributed by atoms with E-state index in [1.165, 1.54) is 58.1 Å². The molecule has 2 saturated carbocycles. The number of unbranched alkanes of at least 4 members (excludes halogenated alkanes) is 1. The van der Waals surface area contributed by atoms with Crippen molar-refractivity contribution in [3.05, 3.63) is 41.5 Å². The second-order valence-electron chi connectivity index (χ2n) is 9.03. The normalized spacial score (nSPS) is 27.6. The van der Waals surface area contributed by atoms with Crippen LogP contribution >= 0.6 is 0 Å². The molecule has 28 heavy (non-hydrogen) atoms. The predicted molar refractivity (Wildman–Crippen MR) is 111 cm³/mol. The summed E-state index contributed by atoms with van der Waals surface area (Å²) >= 11 is 0. The van der Waals surface area contributed by atoms with Gasteiger partial charge in [0.1, 0.15) is 17.4 Å². The zero-order valence-corrected chi connectivity index (χ0v) is 17.1. The van der Waals surface area contributed by atoms with Crippen LogP contribution in [0.15, 0.2) is 24.3 Å². The van der Waals surface area contributed by atoms with Gasteiger partial charge in [-0.3, -0.25) is 0 Å². The summed E-state index contributed by atoms with van der Waals surface area (Å²) in [6.07, 6.45) is 11.3. The Morgan fingerprint density at radius 1 is 1.00 bits per heavy atom. The van der Waals surface area contributed by atoms with Crippen molar-refractivity contribution in [1.29, 1.82) is 0 Å². The van der Waals surface area contributed by atoms with Gasteiger partial charge in [-0.2, -0.15) is 0 Å². The SMILES string of the molecule is CCCCC1CCC2CC(c3ccc4cc(OC)cc(F)c4c3F)CCC2C1. The molecule has 0 N–H and O–H groups in total. The minimum atomic E-state index is -0.529. The monoisotopic (exact) mass is 386 g/mol. The Kier molecular flexibility index (Phi) is 5.89. The first kappa shape index (κ1) is 19.7. The fourth-order valence-corrected chi connectivity index (χ4v) is 5.82. The number of ether oxygens (including phenoxy) is 1. The highest BCUT2D eigenvalue weighted by molar-refractivity contribution is 5.86. The summed E-state index contributed by atoms with van der Waals surface area (Å²) in [5.41, 5.74) is 0.711. The molecular weight excluding hydrogens is 354 g/mol. The molecule has 0 heterocycles. The molecule has 0 aliphatic heterocycles. The van der Waals surface area contributed by atoms with Gasteiger partial charge in [0.25, 0.3) is 0 Å². The molecular formula is C25H32F2O. The molecule has 2 aliphatic carbocycles. The zero-order valence-electron chi connectivity index (χ0n) is 17.1. The smallest absolute Gasteiger partial charge is 0.137 e. The summed E-state index contributed by atoms with van der Waals surface area (Å²) < 4.78 is 34.9. The lowest BCUT2D eigenvalue weighted by atomic mass is 9.63. The molecule has 2 aliphatic rings. The van der Waals surface area contributed by atoms with Gasteiger partial charge in [0.15, 0.2) is 0 Å². The Labute approximate surface area is 167 Å². The molecule has 4 atom stereocenters. The second-order valence-corrected chi connectivity index (χ2v) is 9.03. The number of hydrogen-bond acceptors (Lipinski definition) is 1. The zero-order chi connectivity index (χ0) is 19.7. The second kappa shape index (κ2) is 8.39. The van der Waals surface area contributed by atoms with E-state index in [1.807, 2.05) is 12.1 Å². The molecule has 0 radical (unpaired) electrons. The maximum Gasteiger partial charge on any atom is 0.137 e. The van der Waals surface area contributed by atoms with Crippen LogP contribution < -0.4 is 4.74 Å². The maximum absolute atomic E-state index is 15.3. The van der Waals surface area contributed by atoms with Gasteiger partial charge in [0, 0.05) is 6.07 Å². The van der Waals surface area contributed by atoms with E-state index in [9.17, 15) is 4.39 Å². The summed E-state index contributed by atoms with van der Waals surface area (Å²) in [7, 11) is 1.50. The van der Waals surface area contributed by atoms with Crippen LogP contribution in [0.25, 0.3) is 10.8 Å². The Hall–Kier alpha value is -1.64. The van der Waals surface area contributed by atoms with E-state index in [4.69, 9.17) is 4.74 Å². The van der Waals surface area contributed by atoms with Gasteiger partial charge in [-0.1, -0.05) is 44.7 Å². The van der Waals surface area contributed by atoms with E-state index in [0.717, 1.165) is 24.7 Å². The molecule has 2 fully saturated rings. The summed E-state index contributed by atoms with van der Waals surface area (Å²) in [5.74, 6) is 2.19. The third-order valence-corrected chi connectivity index (χ3v) is 7.37.